The van der Waals surface area contributed by atoms with Crippen LogP contribution in [0.4, 0.5) is 13.2 Å². The zero-order chi connectivity index (χ0) is 19.7. The molecule has 1 atom stereocenters. The molecule has 1 saturated heterocycles. The van der Waals surface area contributed by atoms with Crippen LogP contribution in [0.5, 0.6) is 5.88 Å². The third kappa shape index (κ3) is 7.98. The number of hydrogen-bond acceptors (Lipinski definition) is 4. The van der Waals surface area contributed by atoms with E-state index < -0.39 is 11.7 Å². The summed E-state index contributed by atoms with van der Waals surface area (Å²) in [6, 6.07) is 2.67. The van der Waals surface area contributed by atoms with Gasteiger partial charge >= 0.3 is 6.18 Å². The Morgan fingerprint density at radius 1 is 1.32 bits per heavy atom. The first-order chi connectivity index (χ1) is 12.9. The number of likely N-dealkylation sites (tertiary alicyclic amines) is 1. The van der Waals surface area contributed by atoms with E-state index in [0.717, 1.165) is 38.4 Å². The molecular weight excluding hydrogens is 486 g/mol. The second-order valence-electron chi connectivity index (χ2n) is 6.30. The van der Waals surface area contributed by atoms with Crippen molar-refractivity contribution in [3.05, 3.63) is 23.9 Å². The number of halogens is 4. The summed E-state index contributed by atoms with van der Waals surface area (Å²) in [5.74, 6) is 0.876. The third-order valence-corrected chi connectivity index (χ3v) is 4.42. The second kappa shape index (κ2) is 12.3. The maximum absolute atomic E-state index is 12.5. The fourth-order valence-electron chi connectivity index (χ4n) is 3.02. The highest BCUT2D eigenvalue weighted by molar-refractivity contribution is 14.0. The minimum absolute atomic E-state index is 0. The van der Waals surface area contributed by atoms with Gasteiger partial charge in [-0.2, -0.15) is 13.2 Å². The molecule has 0 spiro atoms. The van der Waals surface area contributed by atoms with Crippen molar-refractivity contribution in [2.75, 3.05) is 39.3 Å². The Bertz CT molecular complexity index is 598. The Hall–Kier alpha value is -1.30. The van der Waals surface area contributed by atoms with E-state index in [4.69, 9.17) is 4.74 Å². The minimum Gasteiger partial charge on any atom is -0.476 e. The summed E-state index contributed by atoms with van der Waals surface area (Å²) in [6.45, 7) is 8.56. The lowest BCUT2D eigenvalue weighted by atomic mass is 10.2. The maximum atomic E-state index is 12.5. The Labute approximate surface area is 181 Å². The highest BCUT2D eigenvalue weighted by Crippen LogP contribution is 2.29. The predicted octanol–water partition coefficient (Wildman–Crippen LogP) is 3.14. The first kappa shape index (κ1) is 24.7. The lowest BCUT2D eigenvalue weighted by Gasteiger charge is -2.21. The van der Waals surface area contributed by atoms with Gasteiger partial charge in [-0.1, -0.05) is 6.92 Å². The van der Waals surface area contributed by atoms with Crippen molar-refractivity contribution in [3.63, 3.8) is 0 Å². The summed E-state index contributed by atoms with van der Waals surface area (Å²) in [6.07, 6.45) is -1.24. The average molecular weight is 515 g/mol. The monoisotopic (exact) mass is 515 g/mol. The molecule has 1 aliphatic heterocycles. The van der Waals surface area contributed by atoms with E-state index >= 15 is 0 Å². The van der Waals surface area contributed by atoms with E-state index in [9.17, 15) is 13.2 Å². The van der Waals surface area contributed by atoms with Gasteiger partial charge in [0.1, 0.15) is 6.61 Å². The zero-order valence-corrected chi connectivity index (χ0v) is 18.6. The Morgan fingerprint density at radius 2 is 2.11 bits per heavy atom. The van der Waals surface area contributed by atoms with E-state index in [-0.39, 0.29) is 36.5 Å². The van der Waals surface area contributed by atoms with Crippen LogP contribution >= 0.6 is 24.0 Å². The number of rotatable bonds is 8. The van der Waals surface area contributed by atoms with Gasteiger partial charge in [0, 0.05) is 24.8 Å². The fraction of sp³-hybridized carbons (Fsp3) is 0.667. The highest BCUT2D eigenvalue weighted by atomic mass is 127. The molecule has 2 heterocycles. The SMILES string of the molecule is CCNC(=NCC1CCCN1CC)NCCOc1ccc(C(F)(F)F)cn1.I. The predicted molar refractivity (Wildman–Crippen MR) is 114 cm³/mol. The number of pyridine rings is 1. The quantitative estimate of drug-likeness (QED) is 0.241. The molecule has 28 heavy (non-hydrogen) atoms. The molecule has 1 unspecified atom stereocenters. The molecule has 1 aliphatic rings. The van der Waals surface area contributed by atoms with Crippen molar-refractivity contribution >= 4 is 29.9 Å². The number of nitrogens with zero attached hydrogens (tertiary/aromatic N) is 3. The van der Waals surface area contributed by atoms with Gasteiger partial charge in [-0.15, -0.1) is 24.0 Å². The van der Waals surface area contributed by atoms with Crippen molar-refractivity contribution < 1.29 is 17.9 Å². The van der Waals surface area contributed by atoms with Crippen LogP contribution in [-0.2, 0) is 6.18 Å². The average Bonchev–Trinajstić information content (AvgIpc) is 3.10. The summed E-state index contributed by atoms with van der Waals surface area (Å²) in [5, 5.41) is 6.36. The molecule has 0 radical (unpaired) electrons. The second-order valence-corrected chi connectivity index (χ2v) is 6.30. The summed E-state index contributed by atoms with van der Waals surface area (Å²) in [4.78, 5) is 10.8. The lowest BCUT2D eigenvalue weighted by molar-refractivity contribution is -0.137. The smallest absolute Gasteiger partial charge is 0.417 e. The number of likely N-dealkylation sites (N-methyl/N-ethyl adjacent to an activating group) is 1. The van der Waals surface area contributed by atoms with E-state index in [1.54, 1.807) is 0 Å². The summed E-state index contributed by atoms with van der Waals surface area (Å²) >= 11 is 0. The van der Waals surface area contributed by atoms with Crippen LogP contribution in [0, 0.1) is 0 Å². The molecule has 6 nitrogen and oxygen atoms in total. The Balaban J connectivity index is 0.00000392. The largest absolute Gasteiger partial charge is 0.476 e. The van der Waals surface area contributed by atoms with Crippen molar-refractivity contribution in [3.8, 4) is 5.88 Å². The first-order valence-electron chi connectivity index (χ1n) is 9.36. The normalized spacial score (nSPS) is 17.9. The van der Waals surface area contributed by atoms with Gasteiger partial charge in [-0.3, -0.25) is 9.89 Å². The molecule has 1 aromatic heterocycles. The van der Waals surface area contributed by atoms with Crippen LogP contribution in [0.25, 0.3) is 0 Å². The molecule has 160 valence electrons. The highest BCUT2D eigenvalue weighted by Gasteiger charge is 2.30. The van der Waals surface area contributed by atoms with Crippen LogP contribution in [-0.4, -0.2) is 61.2 Å². The molecule has 1 aromatic rings. The molecule has 2 N–H and O–H groups in total. The van der Waals surface area contributed by atoms with Crippen molar-refractivity contribution in [1.82, 2.24) is 20.5 Å². The number of nitrogens with one attached hydrogen (secondary N) is 2. The molecule has 1 fully saturated rings. The van der Waals surface area contributed by atoms with Gasteiger partial charge in [0.2, 0.25) is 5.88 Å². The van der Waals surface area contributed by atoms with E-state index in [1.165, 1.54) is 18.9 Å². The summed E-state index contributed by atoms with van der Waals surface area (Å²) in [5.41, 5.74) is -0.789. The van der Waals surface area contributed by atoms with E-state index in [2.05, 4.69) is 32.4 Å². The number of aromatic nitrogens is 1. The van der Waals surface area contributed by atoms with Gasteiger partial charge in [-0.25, -0.2) is 4.98 Å². The van der Waals surface area contributed by atoms with Gasteiger partial charge < -0.3 is 15.4 Å². The molecule has 0 saturated carbocycles. The van der Waals surface area contributed by atoms with Crippen LogP contribution in [0.3, 0.4) is 0 Å². The van der Waals surface area contributed by atoms with Crippen LogP contribution in [0.1, 0.15) is 32.3 Å². The fourth-order valence-corrected chi connectivity index (χ4v) is 3.02. The van der Waals surface area contributed by atoms with Gasteiger partial charge in [0.15, 0.2) is 5.96 Å². The van der Waals surface area contributed by atoms with Gasteiger partial charge in [-0.05, 0) is 38.9 Å². The van der Waals surface area contributed by atoms with Crippen molar-refractivity contribution in [1.29, 1.82) is 0 Å². The molecule has 0 aliphatic carbocycles. The maximum Gasteiger partial charge on any atom is 0.417 e. The number of hydrogen-bond donors (Lipinski definition) is 2. The van der Waals surface area contributed by atoms with Gasteiger partial charge in [0.05, 0.1) is 18.7 Å². The summed E-state index contributed by atoms with van der Waals surface area (Å²) in [7, 11) is 0. The van der Waals surface area contributed by atoms with Crippen molar-refractivity contribution in [2.45, 2.75) is 38.9 Å². The number of alkyl halides is 3. The number of ether oxygens (including phenoxy) is 1. The molecule has 2 rings (SSSR count). The molecule has 0 bridgehead atoms. The third-order valence-electron chi connectivity index (χ3n) is 4.42. The standard InChI is InChI=1S/C18H28F3N5O.HI/c1-3-22-17(25-13-15-6-5-10-26(15)4-2)23-9-11-27-16-8-7-14(12-24-16)18(19,20)21;/h7-8,12,15H,3-6,9-11,13H2,1-2H3,(H2,22,23,25);1H. The topological polar surface area (TPSA) is 61.8 Å². The summed E-state index contributed by atoms with van der Waals surface area (Å²) < 4.78 is 42.9. The van der Waals surface area contributed by atoms with Crippen LogP contribution in [0.2, 0.25) is 0 Å². The van der Waals surface area contributed by atoms with Crippen LogP contribution < -0.4 is 15.4 Å². The van der Waals surface area contributed by atoms with E-state index in [1.807, 2.05) is 6.92 Å². The molecular formula is C18H29F3IN5O. The molecule has 0 aromatic carbocycles. The first-order valence-corrected chi connectivity index (χ1v) is 9.36. The lowest BCUT2D eigenvalue weighted by Crippen LogP contribution is -2.40. The van der Waals surface area contributed by atoms with Crippen molar-refractivity contribution in [2.24, 2.45) is 4.99 Å². The molecule has 0 amide bonds. The zero-order valence-electron chi connectivity index (χ0n) is 16.3. The molecule has 10 heteroatoms. The Kier molecular flexibility index (Phi) is 10.9. The number of guanidine groups is 1. The number of aliphatic imine (C=N–C) groups is 1. The minimum atomic E-state index is -4.39. The van der Waals surface area contributed by atoms with Crippen LogP contribution in [0.15, 0.2) is 23.3 Å². The van der Waals surface area contributed by atoms with Gasteiger partial charge in [0.25, 0.3) is 0 Å². The Morgan fingerprint density at radius 3 is 2.71 bits per heavy atom. The van der Waals surface area contributed by atoms with E-state index in [0.29, 0.717) is 18.5 Å².